The van der Waals surface area contributed by atoms with Crippen LogP contribution in [0.1, 0.15) is 18.7 Å². The lowest BCUT2D eigenvalue weighted by atomic mass is 10.1. The van der Waals surface area contributed by atoms with Gasteiger partial charge in [0.2, 0.25) is 0 Å². The van der Waals surface area contributed by atoms with Crippen LogP contribution in [0.4, 0.5) is 0 Å². The second-order valence-corrected chi connectivity index (χ2v) is 5.00. The average Bonchev–Trinajstić information content (AvgIpc) is 2.88. The number of pyridine rings is 1. The zero-order valence-electron chi connectivity index (χ0n) is 8.86. The molecule has 3 rings (SSSR count). The summed E-state index contributed by atoms with van der Waals surface area (Å²) in [6.07, 6.45) is 5.35. The van der Waals surface area contributed by atoms with Crippen LogP contribution >= 0.6 is 15.9 Å². The van der Waals surface area contributed by atoms with Gasteiger partial charge in [0.1, 0.15) is 0 Å². The lowest BCUT2D eigenvalue weighted by Crippen LogP contribution is -2.24. The van der Waals surface area contributed by atoms with Gasteiger partial charge in [0.25, 0.3) is 0 Å². The van der Waals surface area contributed by atoms with Gasteiger partial charge in [-0.05, 0) is 47.4 Å². The fourth-order valence-corrected chi connectivity index (χ4v) is 2.58. The molecular weight excluding hydrogens is 268 g/mol. The van der Waals surface area contributed by atoms with E-state index in [1.807, 2.05) is 22.8 Å². The molecule has 5 heteroatoms. The van der Waals surface area contributed by atoms with Crippen molar-refractivity contribution >= 4 is 21.6 Å². The van der Waals surface area contributed by atoms with Crippen LogP contribution in [0.5, 0.6) is 0 Å². The maximum Gasteiger partial charge on any atom is 0.169 e. The number of hydrogen-bond donors (Lipinski definition) is 1. The molecule has 1 N–H and O–H groups in total. The first-order chi connectivity index (χ1) is 7.83. The van der Waals surface area contributed by atoms with E-state index < -0.39 is 0 Å². The molecule has 1 unspecified atom stereocenters. The Morgan fingerprint density at radius 3 is 3.25 bits per heavy atom. The summed E-state index contributed by atoms with van der Waals surface area (Å²) in [6, 6.07) is 4.50. The topological polar surface area (TPSA) is 42.2 Å². The van der Waals surface area contributed by atoms with E-state index in [4.69, 9.17) is 0 Å². The summed E-state index contributed by atoms with van der Waals surface area (Å²) in [6.45, 7) is 1.13. The molecule has 2 aromatic rings. The summed E-state index contributed by atoms with van der Waals surface area (Å²) < 4.78 is 2.82. The fraction of sp³-hybridized carbons (Fsp3) is 0.455. The third-order valence-corrected chi connectivity index (χ3v) is 3.57. The van der Waals surface area contributed by atoms with Crippen molar-refractivity contribution in [2.75, 3.05) is 6.54 Å². The van der Waals surface area contributed by atoms with E-state index >= 15 is 0 Å². The molecule has 3 heterocycles. The summed E-state index contributed by atoms with van der Waals surface area (Å²) in [5, 5.41) is 7.94. The number of hydrogen-bond acceptors (Lipinski definition) is 3. The molecular formula is C11H13BrN4. The molecule has 1 fully saturated rings. The molecule has 1 aliphatic heterocycles. The minimum absolute atomic E-state index is 0.552. The van der Waals surface area contributed by atoms with Crippen LogP contribution < -0.4 is 5.32 Å². The van der Waals surface area contributed by atoms with Crippen molar-refractivity contribution < 1.29 is 0 Å². The summed E-state index contributed by atoms with van der Waals surface area (Å²) in [4.78, 5) is 4.54. The molecule has 0 saturated carbocycles. The summed E-state index contributed by atoms with van der Waals surface area (Å²) >= 11 is 3.48. The highest BCUT2D eigenvalue weighted by Crippen LogP contribution is 2.16. The van der Waals surface area contributed by atoms with Crippen LogP contribution in [0, 0.1) is 0 Å². The van der Waals surface area contributed by atoms with Gasteiger partial charge in [0, 0.05) is 18.7 Å². The van der Waals surface area contributed by atoms with E-state index in [0.717, 1.165) is 28.9 Å². The van der Waals surface area contributed by atoms with E-state index in [1.54, 1.807) is 0 Å². The Kier molecular flexibility index (Phi) is 2.65. The van der Waals surface area contributed by atoms with Crippen molar-refractivity contribution in [2.24, 2.45) is 0 Å². The largest absolute Gasteiger partial charge is 0.314 e. The molecule has 84 valence electrons. The molecule has 0 spiro atoms. The second-order valence-electron chi connectivity index (χ2n) is 4.15. The van der Waals surface area contributed by atoms with Crippen molar-refractivity contribution in [1.29, 1.82) is 0 Å². The molecule has 0 amide bonds. The van der Waals surface area contributed by atoms with E-state index in [2.05, 4.69) is 31.3 Å². The van der Waals surface area contributed by atoms with Crippen molar-refractivity contribution in [2.45, 2.75) is 25.3 Å². The van der Waals surface area contributed by atoms with E-state index in [9.17, 15) is 0 Å². The number of rotatable bonds is 2. The lowest BCUT2D eigenvalue weighted by molar-refractivity contribution is 0.585. The van der Waals surface area contributed by atoms with Crippen LogP contribution in [0.25, 0.3) is 5.65 Å². The van der Waals surface area contributed by atoms with Gasteiger partial charge in [0.15, 0.2) is 11.5 Å². The molecule has 2 aromatic heterocycles. The van der Waals surface area contributed by atoms with Crippen molar-refractivity contribution in [3.63, 3.8) is 0 Å². The summed E-state index contributed by atoms with van der Waals surface area (Å²) in [5.74, 6) is 0.923. The molecule has 0 aromatic carbocycles. The van der Waals surface area contributed by atoms with Crippen LogP contribution in [0.3, 0.4) is 0 Å². The summed E-state index contributed by atoms with van der Waals surface area (Å²) in [5.41, 5.74) is 0.899. The summed E-state index contributed by atoms with van der Waals surface area (Å²) in [7, 11) is 0. The molecule has 1 aliphatic rings. The number of aromatic nitrogens is 3. The Morgan fingerprint density at radius 2 is 2.50 bits per heavy atom. The highest BCUT2D eigenvalue weighted by atomic mass is 79.9. The van der Waals surface area contributed by atoms with Gasteiger partial charge in [-0.1, -0.05) is 0 Å². The molecule has 16 heavy (non-hydrogen) atoms. The van der Waals surface area contributed by atoms with Crippen LogP contribution in [-0.2, 0) is 6.42 Å². The highest BCUT2D eigenvalue weighted by Gasteiger charge is 2.17. The Balaban J connectivity index is 1.90. The van der Waals surface area contributed by atoms with Gasteiger partial charge in [-0.25, -0.2) is 9.50 Å². The predicted molar refractivity (Wildman–Crippen MR) is 65.4 cm³/mol. The Hall–Kier alpha value is -0.940. The second kappa shape index (κ2) is 4.14. The van der Waals surface area contributed by atoms with Gasteiger partial charge < -0.3 is 5.32 Å². The van der Waals surface area contributed by atoms with Crippen molar-refractivity contribution in [1.82, 2.24) is 19.9 Å². The normalized spacial score (nSPS) is 20.7. The van der Waals surface area contributed by atoms with Crippen molar-refractivity contribution in [3.05, 3.63) is 28.6 Å². The number of fused-ring (bicyclic) bond motifs is 1. The molecule has 1 atom stereocenters. The SMILES string of the molecule is Brc1cccn2nc(CC3CCCN3)nc12. The average molecular weight is 281 g/mol. The first kappa shape index (κ1) is 10.2. The number of halogens is 1. The van der Waals surface area contributed by atoms with E-state index in [1.165, 1.54) is 12.8 Å². The van der Waals surface area contributed by atoms with Gasteiger partial charge in [-0.15, -0.1) is 0 Å². The zero-order valence-corrected chi connectivity index (χ0v) is 10.4. The molecule has 0 radical (unpaired) electrons. The fourth-order valence-electron chi connectivity index (χ4n) is 2.16. The first-order valence-electron chi connectivity index (χ1n) is 5.56. The Bertz CT molecular complexity index is 502. The quantitative estimate of drug-likeness (QED) is 0.912. The lowest BCUT2D eigenvalue weighted by Gasteiger charge is -2.05. The van der Waals surface area contributed by atoms with Gasteiger partial charge in [-0.3, -0.25) is 0 Å². The van der Waals surface area contributed by atoms with E-state index in [0.29, 0.717) is 6.04 Å². The third-order valence-electron chi connectivity index (χ3n) is 2.95. The van der Waals surface area contributed by atoms with Crippen LogP contribution in [0.2, 0.25) is 0 Å². The van der Waals surface area contributed by atoms with E-state index in [-0.39, 0.29) is 0 Å². The maximum absolute atomic E-state index is 4.54. The predicted octanol–water partition coefficient (Wildman–Crippen LogP) is 1.79. The number of nitrogens with zero attached hydrogens (tertiary/aromatic N) is 3. The minimum atomic E-state index is 0.552. The van der Waals surface area contributed by atoms with Crippen molar-refractivity contribution in [3.8, 4) is 0 Å². The van der Waals surface area contributed by atoms with Gasteiger partial charge in [-0.2, -0.15) is 5.10 Å². The molecule has 0 bridgehead atoms. The molecule has 4 nitrogen and oxygen atoms in total. The molecule has 1 saturated heterocycles. The van der Waals surface area contributed by atoms with Crippen LogP contribution in [-0.4, -0.2) is 27.2 Å². The zero-order chi connectivity index (χ0) is 11.0. The van der Waals surface area contributed by atoms with Gasteiger partial charge in [0.05, 0.1) is 4.47 Å². The standard InChI is InChI=1S/C11H13BrN4/c12-9-4-2-6-16-11(9)14-10(15-16)7-8-3-1-5-13-8/h2,4,6,8,13H,1,3,5,7H2. The molecule has 0 aliphatic carbocycles. The monoisotopic (exact) mass is 280 g/mol. The Labute approximate surface area is 102 Å². The minimum Gasteiger partial charge on any atom is -0.314 e. The van der Waals surface area contributed by atoms with Crippen LogP contribution in [0.15, 0.2) is 22.8 Å². The maximum atomic E-state index is 4.54. The number of nitrogens with one attached hydrogen (secondary N) is 1. The van der Waals surface area contributed by atoms with Gasteiger partial charge >= 0.3 is 0 Å². The Morgan fingerprint density at radius 1 is 1.56 bits per heavy atom. The smallest absolute Gasteiger partial charge is 0.169 e. The first-order valence-corrected chi connectivity index (χ1v) is 6.35. The highest BCUT2D eigenvalue weighted by molar-refractivity contribution is 9.10. The third kappa shape index (κ3) is 1.85.